The molecular weight excluding hydrogens is 258 g/mol. The van der Waals surface area contributed by atoms with Gasteiger partial charge in [-0.05, 0) is 43.7 Å². The largest absolute Gasteiger partial charge is 0.489 e. The maximum Gasteiger partial charge on any atom is 0.375 e. The molecule has 0 spiro atoms. The van der Waals surface area contributed by atoms with E-state index < -0.39 is 5.97 Å². The molecule has 0 radical (unpaired) electrons. The molecule has 0 saturated carbocycles. The number of hydrogen-bond acceptors (Lipinski definition) is 4. The van der Waals surface area contributed by atoms with Gasteiger partial charge in [-0.3, -0.25) is 0 Å². The molecule has 20 heavy (non-hydrogen) atoms. The van der Waals surface area contributed by atoms with Crippen LogP contribution in [0.25, 0.3) is 11.3 Å². The molecule has 5 nitrogen and oxygen atoms in total. The van der Waals surface area contributed by atoms with E-state index in [0.29, 0.717) is 17.9 Å². The Morgan fingerprint density at radius 3 is 2.55 bits per heavy atom. The summed E-state index contributed by atoms with van der Waals surface area (Å²) in [7, 11) is 0. The first-order valence-electron chi connectivity index (χ1n) is 6.06. The van der Waals surface area contributed by atoms with Gasteiger partial charge in [0.05, 0.1) is 0 Å². The van der Waals surface area contributed by atoms with Crippen LogP contribution in [-0.2, 0) is 0 Å². The summed E-state index contributed by atoms with van der Waals surface area (Å²) in [5.41, 5.74) is 2.75. The Morgan fingerprint density at radius 1 is 1.40 bits per heavy atom. The molecule has 0 fully saturated rings. The monoisotopic (exact) mass is 273 g/mol. The fourth-order valence-electron chi connectivity index (χ4n) is 1.72. The van der Waals surface area contributed by atoms with Gasteiger partial charge < -0.3 is 14.4 Å². The van der Waals surface area contributed by atoms with Crippen LogP contribution < -0.4 is 4.74 Å². The van der Waals surface area contributed by atoms with E-state index in [1.54, 1.807) is 19.1 Å². The summed E-state index contributed by atoms with van der Waals surface area (Å²) in [4.78, 5) is 10.9. The van der Waals surface area contributed by atoms with Gasteiger partial charge in [-0.15, -0.1) is 0 Å². The number of aromatic carboxylic acids is 1. The Morgan fingerprint density at radius 2 is 2.05 bits per heavy atom. The summed E-state index contributed by atoms with van der Waals surface area (Å²) in [6.07, 6.45) is 0. The molecule has 0 unspecified atom stereocenters. The van der Waals surface area contributed by atoms with Gasteiger partial charge in [0, 0.05) is 11.1 Å². The standard InChI is InChI=1S/C15H15NO4/c1-9(2)8-19-12-6-4-11(5-7-12)13-10(3)14(15(17)18)20-16-13/h4-7H,1,8H2,2-3H3,(H,17,18). The van der Waals surface area contributed by atoms with Crippen molar-refractivity contribution >= 4 is 5.97 Å². The Balaban J connectivity index is 2.22. The third kappa shape index (κ3) is 2.88. The number of nitrogens with zero attached hydrogens (tertiary/aromatic N) is 1. The van der Waals surface area contributed by atoms with Crippen molar-refractivity contribution in [2.24, 2.45) is 0 Å². The lowest BCUT2D eigenvalue weighted by molar-refractivity contribution is 0.0651. The van der Waals surface area contributed by atoms with E-state index in [2.05, 4.69) is 11.7 Å². The molecule has 1 aromatic heterocycles. The van der Waals surface area contributed by atoms with Crippen LogP contribution in [0.5, 0.6) is 5.75 Å². The van der Waals surface area contributed by atoms with Crippen LogP contribution in [0, 0.1) is 6.92 Å². The molecule has 0 aliphatic heterocycles. The minimum atomic E-state index is -1.12. The third-order valence-electron chi connectivity index (χ3n) is 2.73. The topological polar surface area (TPSA) is 72.6 Å². The van der Waals surface area contributed by atoms with Crippen molar-refractivity contribution < 1.29 is 19.2 Å². The average molecular weight is 273 g/mol. The number of hydrogen-bond donors (Lipinski definition) is 1. The second kappa shape index (κ2) is 5.61. The lowest BCUT2D eigenvalue weighted by Gasteiger charge is -2.06. The van der Waals surface area contributed by atoms with E-state index in [1.165, 1.54) is 0 Å². The van der Waals surface area contributed by atoms with Crippen LogP contribution in [0.3, 0.4) is 0 Å². The fraction of sp³-hybridized carbons (Fsp3) is 0.200. The van der Waals surface area contributed by atoms with E-state index in [0.717, 1.165) is 16.9 Å². The second-order valence-electron chi connectivity index (χ2n) is 4.56. The molecular formula is C15H15NO4. The highest BCUT2D eigenvalue weighted by atomic mass is 16.5. The van der Waals surface area contributed by atoms with E-state index >= 15 is 0 Å². The number of aromatic nitrogens is 1. The zero-order chi connectivity index (χ0) is 14.7. The van der Waals surface area contributed by atoms with Crippen LogP contribution in [0.2, 0.25) is 0 Å². The van der Waals surface area contributed by atoms with Gasteiger partial charge in [0.1, 0.15) is 18.1 Å². The number of carbonyl (C=O) groups is 1. The molecule has 0 aliphatic carbocycles. The highest BCUT2D eigenvalue weighted by Gasteiger charge is 2.18. The van der Waals surface area contributed by atoms with Gasteiger partial charge in [-0.25, -0.2) is 4.79 Å². The number of rotatable bonds is 5. The number of carboxylic acid groups (broad SMARTS) is 1. The Bertz CT molecular complexity index is 640. The third-order valence-corrected chi connectivity index (χ3v) is 2.73. The summed E-state index contributed by atoms with van der Waals surface area (Å²) >= 11 is 0. The van der Waals surface area contributed by atoms with Crippen LogP contribution in [0.4, 0.5) is 0 Å². The SMILES string of the molecule is C=C(C)COc1ccc(-c2noc(C(=O)O)c2C)cc1. The molecule has 1 aromatic carbocycles. The summed E-state index contributed by atoms with van der Waals surface area (Å²) in [5, 5.41) is 12.7. The van der Waals surface area contributed by atoms with E-state index in [1.807, 2.05) is 19.1 Å². The van der Waals surface area contributed by atoms with Crippen molar-refractivity contribution in [3.8, 4) is 17.0 Å². The quantitative estimate of drug-likeness (QED) is 0.846. The zero-order valence-electron chi connectivity index (χ0n) is 11.3. The Labute approximate surface area is 116 Å². The molecule has 0 aliphatic rings. The van der Waals surface area contributed by atoms with E-state index in [4.69, 9.17) is 14.4 Å². The van der Waals surface area contributed by atoms with Crippen LogP contribution in [0.15, 0.2) is 40.9 Å². The molecule has 104 valence electrons. The van der Waals surface area contributed by atoms with Crippen molar-refractivity contribution in [2.75, 3.05) is 6.61 Å². The fourth-order valence-corrected chi connectivity index (χ4v) is 1.72. The molecule has 1 heterocycles. The average Bonchev–Trinajstić information content (AvgIpc) is 2.79. The molecule has 5 heteroatoms. The normalized spacial score (nSPS) is 10.3. The van der Waals surface area contributed by atoms with Crippen molar-refractivity contribution in [2.45, 2.75) is 13.8 Å². The molecule has 1 N–H and O–H groups in total. The first kappa shape index (κ1) is 13.9. The Kier molecular flexibility index (Phi) is 3.89. The second-order valence-corrected chi connectivity index (χ2v) is 4.56. The predicted molar refractivity (Wildman–Crippen MR) is 73.9 cm³/mol. The van der Waals surface area contributed by atoms with Crippen molar-refractivity contribution in [3.63, 3.8) is 0 Å². The first-order valence-corrected chi connectivity index (χ1v) is 6.06. The van der Waals surface area contributed by atoms with Gasteiger partial charge >= 0.3 is 5.97 Å². The molecule has 2 rings (SSSR count). The number of ether oxygens (including phenoxy) is 1. The first-order chi connectivity index (χ1) is 9.49. The van der Waals surface area contributed by atoms with Gasteiger partial charge in [-0.2, -0.15) is 0 Å². The smallest absolute Gasteiger partial charge is 0.375 e. The van der Waals surface area contributed by atoms with Crippen molar-refractivity contribution in [3.05, 3.63) is 47.7 Å². The minimum Gasteiger partial charge on any atom is -0.489 e. The van der Waals surface area contributed by atoms with E-state index in [9.17, 15) is 4.79 Å². The zero-order valence-corrected chi connectivity index (χ0v) is 11.3. The van der Waals surface area contributed by atoms with Gasteiger partial charge in [-0.1, -0.05) is 11.7 Å². The van der Waals surface area contributed by atoms with E-state index in [-0.39, 0.29) is 5.76 Å². The highest BCUT2D eigenvalue weighted by Crippen LogP contribution is 2.26. The highest BCUT2D eigenvalue weighted by molar-refractivity contribution is 5.88. The summed E-state index contributed by atoms with van der Waals surface area (Å²) in [6.45, 7) is 7.78. The van der Waals surface area contributed by atoms with Gasteiger partial charge in [0.25, 0.3) is 0 Å². The maximum absolute atomic E-state index is 10.9. The molecule has 0 atom stereocenters. The summed E-state index contributed by atoms with van der Waals surface area (Å²) in [6, 6.07) is 7.22. The molecule has 0 amide bonds. The molecule has 0 bridgehead atoms. The minimum absolute atomic E-state index is 0.136. The van der Waals surface area contributed by atoms with Crippen LogP contribution >= 0.6 is 0 Å². The summed E-state index contributed by atoms with van der Waals surface area (Å²) in [5.74, 6) is -0.540. The predicted octanol–water partition coefficient (Wildman–Crippen LogP) is 3.30. The number of carboxylic acids is 1. The summed E-state index contributed by atoms with van der Waals surface area (Å²) < 4.78 is 10.3. The van der Waals surface area contributed by atoms with Crippen LogP contribution in [0.1, 0.15) is 23.0 Å². The Hall–Kier alpha value is -2.56. The van der Waals surface area contributed by atoms with Crippen molar-refractivity contribution in [1.29, 1.82) is 0 Å². The molecule has 0 saturated heterocycles. The van der Waals surface area contributed by atoms with Gasteiger partial charge in [0.2, 0.25) is 5.76 Å². The number of benzene rings is 1. The lowest BCUT2D eigenvalue weighted by Crippen LogP contribution is -1.97. The maximum atomic E-state index is 10.9. The van der Waals surface area contributed by atoms with Gasteiger partial charge in [0.15, 0.2) is 0 Å². The van der Waals surface area contributed by atoms with Crippen LogP contribution in [-0.4, -0.2) is 22.8 Å². The molecule has 2 aromatic rings. The lowest BCUT2D eigenvalue weighted by atomic mass is 10.1. The van der Waals surface area contributed by atoms with Crippen molar-refractivity contribution in [1.82, 2.24) is 5.16 Å².